The minimum Gasteiger partial charge on any atom is -0.361 e. The number of H-pyrrole nitrogens is 2. The van der Waals surface area contributed by atoms with Crippen LogP contribution < -0.4 is 0 Å². The van der Waals surface area contributed by atoms with E-state index >= 15 is 0 Å². The Balaban J connectivity index is 1.61. The number of nitrogens with one attached hydrogen (secondary N) is 2. The molecule has 0 radical (unpaired) electrons. The summed E-state index contributed by atoms with van der Waals surface area (Å²) in [4.78, 5) is 5.83. The molecule has 3 heterocycles. The first-order valence-corrected chi connectivity index (χ1v) is 6.68. The SMILES string of the molecule is c1cc(CN2CCc3[nH]ncc3C2)c2[nH]ccc2c1. The third-order valence-electron chi connectivity index (χ3n) is 3.95. The molecule has 0 saturated carbocycles. The minimum absolute atomic E-state index is 0.989. The summed E-state index contributed by atoms with van der Waals surface area (Å²) >= 11 is 0. The number of aromatic amines is 2. The Labute approximate surface area is 111 Å². The summed E-state index contributed by atoms with van der Waals surface area (Å²) in [5.74, 6) is 0. The van der Waals surface area contributed by atoms with Crippen LogP contribution in [0.2, 0.25) is 0 Å². The molecule has 0 atom stereocenters. The van der Waals surface area contributed by atoms with Crippen molar-refractivity contribution in [2.24, 2.45) is 0 Å². The Bertz CT molecular complexity index is 710. The van der Waals surface area contributed by atoms with Crippen LogP contribution in [0, 0.1) is 0 Å². The predicted octanol–water partition coefficient (Wildman–Crippen LogP) is 2.45. The van der Waals surface area contributed by atoms with Crippen molar-refractivity contribution in [2.75, 3.05) is 6.54 Å². The molecule has 0 saturated heterocycles. The smallest absolute Gasteiger partial charge is 0.0535 e. The van der Waals surface area contributed by atoms with Gasteiger partial charge >= 0.3 is 0 Å². The Morgan fingerprint density at radius 2 is 2.26 bits per heavy atom. The number of aromatic nitrogens is 3. The molecule has 0 spiro atoms. The maximum absolute atomic E-state index is 4.13. The average Bonchev–Trinajstić information content (AvgIpc) is 3.06. The lowest BCUT2D eigenvalue weighted by Crippen LogP contribution is -2.29. The van der Waals surface area contributed by atoms with Crippen LogP contribution in [0.25, 0.3) is 10.9 Å². The summed E-state index contributed by atoms with van der Waals surface area (Å²) in [6.45, 7) is 3.07. The normalized spacial score (nSPS) is 15.8. The van der Waals surface area contributed by atoms with E-state index in [4.69, 9.17) is 0 Å². The quantitative estimate of drug-likeness (QED) is 0.736. The van der Waals surface area contributed by atoms with E-state index in [9.17, 15) is 0 Å². The number of hydrogen-bond acceptors (Lipinski definition) is 2. The van der Waals surface area contributed by atoms with Crippen LogP contribution in [-0.4, -0.2) is 26.6 Å². The largest absolute Gasteiger partial charge is 0.361 e. The van der Waals surface area contributed by atoms with E-state index in [2.05, 4.69) is 44.3 Å². The molecule has 2 aromatic heterocycles. The van der Waals surface area contributed by atoms with Crippen LogP contribution in [-0.2, 0) is 19.5 Å². The second-order valence-electron chi connectivity index (χ2n) is 5.19. The van der Waals surface area contributed by atoms with Gasteiger partial charge in [0.05, 0.1) is 6.20 Å². The summed E-state index contributed by atoms with van der Waals surface area (Å²) in [5, 5.41) is 8.50. The molecule has 4 rings (SSSR count). The number of benzene rings is 1. The van der Waals surface area contributed by atoms with Crippen LogP contribution >= 0.6 is 0 Å². The molecule has 0 fully saturated rings. The molecule has 2 N–H and O–H groups in total. The fraction of sp³-hybridized carbons (Fsp3) is 0.267. The van der Waals surface area contributed by atoms with Crippen molar-refractivity contribution in [1.82, 2.24) is 20.1 Å². The van der Waals surface area contributed by atoms with Gasteiger partial charge in [-0.3, -0.25) is 10.00 Å². The number of fused-ring (bicyclic) bond motifs is 2. The van der Waals surface area contributed by atoms with Crippen molar-refractivity contribution in [1.29, 1.82) is 0 Å². The second-order valence-corrected chi connectivity index (χ2v) is 5.19. The molecule has 3 aromatic rings. The molecule has 0 bridgehead atoms. The van der Waals surface area contributed by atoms with E-state index in [0.29, 0.717) is 0 Å². The Kier molecular flexibility index (Phi) is 2.42. The Hall–Kier alpha value is -2.07. The minimum atomic E-state index is 0.989. The topological polar surface area (TPSA) is 47.7 Å². The average molecular weight is 252 g/mol. The molecule has 1 aliphatic rings. The van der Waals surface area contributed by atoms with Crippen LogP contribution in [0.15, 0.2) is 36.7 Å². The molecule has 0 aliphatic carbocycles. The van der Waals surface area contributed by atoms with E-state index < -0.39 is 0 Å². The first-order valence-electron chi connectivity index (χ1n) is 6.68. The zero-order valence-electron chi connectivity index (χ0n) is 10.7. The van der Waals surface area contributed by atoms with Crippen LogP contribution in [0.5, 0.6) is 0 Å². The lowest BCUT2D eigenvalue weighted by atomic mass is 10.1. The zero-order chi connectivity index (χ0) is 12.7. The van der Waals surface area contributed by atoms with Gasteiger partial charge in [-0.05, 0) is 17.0 Å². The highest BCUT2D eigenvalue weighted by Gasteiger charge is 2.18. The van der Waals surface area contributed by atoms with E-state index in [1.165, 1.54) is 27.7 Å². The van der Waals surface area contributed by atoms with Gasteiger partial charge in [-0.2, -0.15) is 5.10 Å². The van der Waals surface area contributed by atoms with Crippen molar-refractivity contribution in [2.45, 2.75) is 19.5 Å². The second kappa shape index (κ2) is 4.24. The fourth-order valence-electron chi connectivity index (χ4n) is 2.94. The van der Waals surface area contributed by atoms with Gasteiger partial charge in [0.2, 0.25) is 0 Å². The first-order chi connectivity index (χ1) is 9.40. The summed E-state index contributed by atoms with van der Waals surface area (Å²) < 4.78 is 0. The van der Waals surface area contributed by atoms with Gasteiger partial charge in [0.15, 0.2) is 0 Å². The predicted molar refractivity (Wildman–Crippen MR) is 74.7 cm³/mol. The monoisotopic (exact) mass is 252 g/mol. The van der Waals surface area contributed by atoms with Gasteiger partial charge in [0.1, 0.15) is 0 Å². The summed E-state index contributed by atoms with van der Waals surface area (Å²) in [5.41, 5.74) is 5.27. The lowest BCUT2D eigenvalue weighted by molar-refractivity contribution is 0.245. The Morgan fingerprint density at radius 3 is 3.26 bits per heavy atom. The van der Waals surface area contributed by atoms with Crippen molar-refractivity contribution >= 4 is 10.9 Å². The molecule has 4 nitrogen and oxygen atoms in total. The molecule has 96 valence electrons. The maximum Gasteiger partial charge on any atom is 0.0535 e. The molecular weight excluding hydrogens is 236 g/mol. The third-order valence-corrected chi connectivity index (χ3v) is 3.95. The van der Waals surface area contributed by atoms with E-state index in [-0.39, 0.29) is 0 Å². The first kappa shape index (κ1) is 10.8. The molecule has 1 aromatic carbocycles. The molecule has 0 unspecified atom stereocenters. The van der Waals surface area contributed by atoms with Gasteiger partial charge in [-0.15, -0.1) is 0 Å². The number of rotatable bonds is 2. The standard InChI is InChI=1S/C15H16N4/c1-2-11-4-6-16-15(11)12(3-1)9-19-7-5-14-13(10-19)8-17-18-14/h1-4,6,8,16H,5,7,9-10H2,(H,17,18). The molecule has 19 heavy (non-hydrogen) atoms. The molecule has 0 amide bonds. The van der Waals surface area contributed by atoms with Crippen molar-refractivity contribution in [3.63, 3.8) is 0 Å². The van der Waals surface area contributed by atoms with E-state index in [1.54, 1.807) is 0 Å². The van der Waals surface area contributed by atoms with Crippen molar-refractivity contribution in [3.05, 3.63) is 53.5 Å². The number of para-hydroxylation sites is 1. The molecule has 1 aliphatic heterocycles. The molecular formula is C15H16N4. The number of nitrogens with zero attached hydrogens (tertiary/aromatic N) is 2. The highest BCUT2D eigenvalue weighted by Crippen LogP contribution is 2.22. The van der Waals surface area contributed by atoms with E-state index in [1.807, 2.05) is 12.4 Å². The van der Waals surface area contributed by atoms with Gasteiger partial charge in [0.25, 0.3) is 0 Å². The van der Waals surface area contributed by atoms with E-state index in [0.717, 1.165) is 26.1 Å². The van der Waals surface area contributed by atoms with Crippen molar-refractivity contribution in [3.8, 4) is 0 Å². The Morgan fingerprint density at radius 1 is 1.26 bits per heavy atom. The zero-order valence-corrected chi connectivity index (χ0v) is 10.7. The summed E-state index contributed by atoms with van der Waals surface area (Å²) in [6.07, 6.45) is 5.03. The van der Waals surface area contributed by atoms with Crippen molar-refractivity contribution < 1.29 is 0 Å². The lowest BCUT2D eigenvalue weighted by Gasteiger charge is -2.26. The van der Waals surface area contributed by atoms with Gasteiger partial charge in [-0.1, -0.05) is 18.2 Å². The summed E-state index contributed by atoms with van der Waals surface area (Å²) in [7, 11) is 0. The van der Waals surface area contributed by atoms with Crippen LogP contribution in [0.3, 0.4) is 0 Å². The summed E-state index contributed by atoms with van der Waals surface area (Å²) in [6, 6.07) is 8.63. The van der Waals surface area contributed by atoms with Gasteiger partial charge < -0.3 is 4.98 Å². The highest BCUT2D eigenvalue weighted by molar-refractivity contribution is 5.82. The van der Waals surface area contributed by atoms with Crippen LogP contribution in [0.4, 0.5) is 0 Å². The van der Waals surface area contributed by atoms with Gasteiger partial charge in [0, 0.05) is 49.0 Å². The highest BCUT2D eigenvalue weighted by atomic mass is 15.2. The van der Waals surface area contributed by atoms with Gasteiger partial charge in [-0.25, -0.2) is 0 Å². The maximum atomic E-state index is 4.13. The van der Waals surface area contributed by atoms with Crippen LogP contribution in [0.1, 0.15) is 16.8 Å². The molecule has 4 heteroatoms. The fourth-order valence-corrected chi connectivity index (χ4v) is 2.94. The third kappa shape index (κ3) is 1.85. The number of hydrogen-bond donors (Lipinski definition) is 2.